The highest BCUT2D eigenvalue weighted by atomic mass is 32.2. The summed E-state index contributed by atoms with van der Waals surface area (Å²) in [6, 6.07) is 14.5. The molecule has 3 aliphatic heterocycles. The summed E-state index contributed by atoms with van der Waals surface area (Å²) < 4.78 is 24.4. The molecule has 0 saturated heterocycles. The highest BCUT2D eigenvalue weighted by Gasteiger charge is 2.61. The van der Waals surface area contributed by atoms with Gasteiger partial charge in [-0.05, 0) is 37.6 Å². The molecule has 1 spiro atoms. The number of benzene rings is 2. The Morgan fingerprint density at radius 1 is 0.723 bits per heavy atom. The van der Waals surface area contributed by atoms with Crippen LogP contribution in [0.2, 0.25) is 0 Å². The molecule has 11 nitrogen and oxygen atoms in total. The Hall–Kier alpha value is -4.14. The highest BCUT2D eigenvalue weighted by molar-refractivity contribution is 8.26. The monoisotopic (exact) mass is 697 g/mol. The molecule has 0 aliphatic carbocycles. The second-order valence-corrected chi connectivity index (χ2v) is 14.5. The van der Waals surface area contributed by atoms with Gasteiger partial charge in [-0.2, -0.15) is 0 Å². The van der Waals surface area contributed by atoms with Gasteiger partial charge in [0.15, 0.2) is 0 Å². The molecular weight excluding hydrogens is 667 g/mol. The summed E-state index contributed by atoms with van der Waals surface area (Å²) in [6.45, 7) is 3.66. The van der Waals surface area contributed by atoms with Crippen molar-refractivity contribution in [1.29, 1.82) is 0 Å². The minimum Gasteiger partial charge on any atom is -0.497 e. The van der Waals surface area contributed by atoms with Gasteiger partial charge in [0, 0.05) is 16.0 Å². The Morgan fingerprint density at radius 2 is 1.28 bits per heavy atom. The first-order chi connectivity index (χ1) is 22.4. The molecule has 1 amide bonds. The number of anilines is 1. The molecule has 14 heteroatoms. The lowest BCUT2D eigenvalue weighted by molar-refractivity contribution is -0.138. The SMILES string of the molecule is COC(=O)C1=C(C(=O)OC)SC2(S1)C(C(=O)OC)=C(C(=O)OC)SC1=C2c2cc(OC)ccc2N(C(=O)Cc2ccccc2)C1(C)C. The van der Waals surface area contributed by atoms with E-state index < -0.39 is 33.5 Å². The highest BCUT2D eigenvalue weighted by Crippen LogP contribution is 2.71. The third kappa shape index (κ3) is 5.61. The van der Waals surface area contributed by atoms with Gasteiger partial charge in [0.2, 0.25) is 5.91 Å². The van der Waals surface area contributed by atoms with Crippen molar-refractivity contribution in [3.63, 3.8) is 0 Å². The van der Waals surface area contributed by atoms with Crippen LogP contribution in [0.3, 0.4) is 0 Å². The molecule has 2 aromatic rings. The molecule has 0 unspecified atom stereocenters. The van der Waals surface area contributed by atoms with Crippen LogP contribution in [0, 0.1) is 0 Å². The molecule has 246 valence electrons. The number of esters is 4. The maximum atomic E-state index is 14.3. The summed E-state index contributed by atoms with van der Waals surface area (Å²) in [4.78, 5) is 69.8. The van der Waals surface area contributed by atoms with E-state index >= 15 is 0 Å². The van der Waals surface area contributed by atoms with E-state index in [1.165, 1.54) is 35.5 Å². The molecule has 47 heavy (non-hydrogen) atoms. The molecule has 0 fully saturated rings. The molecule has 0 aromatic heterocycles. The Morgan fingerprint density at radius 3 is 1.81 bits per heavy atom. The minimum absolute atomic E-state index is 0.0747. The predicted octanol–water partition coefficient (Wildman–Crippen LogP) is 4.86. The molecule has 0 radical (unpaired) electrons. The quantitative estimate of drug-likeness (QED) is 0.288. The van der Waals surface area contributed by atoms with E-state index in [0.29, 0.717) is 27.5 Å². The number of hydrogen-bond donors (Lipinski definition) is 0. The van der Waals surface area contributed by atoms with Crippen LogP contribution in [0.5, 0.6) is 5.75 Å². The number of hydrogen-bond acceptors (Lipinski definition) is 13. The Balaban J connectivity index is 1.86. The van der Waals surface area contributed by atoms with Crippen LogP contribution in [0.25, 0.3) is 5.57 Å². The molecule has 3 aliphatic rings. The number of carbonyl (C=O) groups is 5. The van der Waals surface area contributed by atoms with Gasteiger partial charge in [0.25, 0.3) is 0 Å². The fourth-order valence-corrected chi connectivity index (χ4v) is 10.8. The number of fused-ring (bicyclic) bond motifs is 3. The van der Waals surface area contributed by atoms with Crippen LogP contribution in [-0.2, 0) is 49.3 Å². The molecule has 0 N–H and O–H groups in total. The van der Waals surface area contributed by atoms with Gasteiger partial charge >= 0.3 is 23.9 Å². The van der Waals surface area contributed by atoms with Gasteiger partial charge < -0.3 is 28.6 Å². The molecule has 0 bridgehead atoms. The second kappa shape index (κ2) is 13.2. The maximum absolute atomic E-state index is 14.3. The number of thioether (sulfide) groups is 3. The lowest BCUT2D eigenvalue weighted by Crippen LogP contribution is -2.54. The normalized spacial score (nSPS) is 17.6. The van der Waals surface area contributed by atoms with Crippen LogP contribution in [0.1, 0.15) is 25.0 Å². The lowest BCUT2D eigenvalue weighted by Gasteiger charge is -2.50. The van der Waals surface area contributed by atoms with Crippen molar-refractivity contribution in [2.75, 3.05) is 40.4 Å². The van der Waals surface area contributed by atoms with Gasteiger partial charge in [-0.1, -0.05) is 65.6 Å². The molecule has 0 atom stereocenters. The first-order valence-corrected chi connectivity index (χ1v) is 16.5. The van der Waals surface area contributed by atoms with E-state index in [0.717, 1.165) is 40.8 Å². The smallest absolute Gasteiger partial charge is 0.345 e. The van der Waals surface area contributed by atoms with E-state index in [4.69, 9.17) is 23.7 Å². The number of amides is 1. The number of methoxy groups -OCH3 is 5. The summed E-state index contributed by atoms with van der Waals surface area (Å²) in [7, 11) is 6.17. The van der Waals surface area contributed by atoms with Crippen molar-refractivity contribution in [3.8, 4) is 5.75 Å². The molecule has 0 saturated carbocycles. The van der Waals surface area contributed by atoms with Crippen molar-refractivity contribution in [2.24, 2.45) is 0 Å². The summed E-state index contributed by atoms with van der Waals surface area (Å²) in [5, 5.41) is 0. The third-order valence-corrected chi connectivity index (χ3v) is 12.4. The topological polar surface area (TPSA) is 135 Å². The largest absolute Gasteiger partial charge is 0.497 e. The van der Waals surface area contributed by atoms with Crippen LogP contribution in [0.4, 0.5) is 5.69 Å². The summed E-state index contributed by atoms with van der Waals surface area (Å²) in [6.07, 6.45) is 0.0747. The van der Waals surface area contributed by atoms with Gasteiger partial charge in [0.05, 0.1) is 58.8 Å². The van der Waals surface area contributed by atoms with E-state index in [1.807, 2.05) is 44.2 Å². The Kier molecular flexibility index (Phi) is 9.58. The van der Waals surface area contributed by atoms with Gasteiger partial charge in [-0.3, -0.25) is 4.79 Å². The number of rotatable bonds is 7. The van der Waals surface area contributed by atoms with Gasteiger partial charge in [-0.15, -0.1) is 0 Å². The van der Waals surface area contributed by atoms with Gasteiger partial charge in [0.1, 0.15) is 24.5 Å². The zero-order valence-electron chi connectivity index (χ0n) is 26.6. The number of nitrogens with zero attached hydrogens (tertiary/aromatic N) is 1. The van der Waals surface area contributed by atoms with Crippen molar-refractivity contribution in [3.05, 3.63) is 84.9 Å². The van der Waals surface area contributed by atoms with Crippen molar-refractivity contribution in [1.82, 2.24) is 0 Å². The van der Waals surface area contributed by atoms with Crippen LogP contribution >= 0.6 is 35.3 Å². The third-order valence-electron chi connectivity index (χ3n) is 7.79. The predicted molar refractivity (Wildman–Crippen MR) is 179 cm³/mol. The summed E-state index contributed by atoms with van der Waals surface area (Å²) in [5.41, 5.74) is 0.951. The minimum atomic E-state index is -1.68. The first kappa shape index (κ1) is 34.2. The Labute approximate surface area is 284 Å². The molecule has 2 aromatic carbocycles. The second-order valence-electron chi connectivity index (χ2n) is 10.8. The average molecular weight is 698 g/mol. The number of carbonyl (C=O) groups excluding carboxylic acids is 5. The first-order valence-electron chi connectivity index (χ1n) is 14.1. The fourth-order valence-electron chi connectivity index (χ4n) is 5.72. The average Bonchev–Trinajstić information content (AvgIpc) is 3.47. The van der Waals surface area contributed by atoms with Crippen LogP contribution in [0.15, 0.2) is 73.7 Å². The van der Waals surface area contributed by atoms with E-state index in [-0.39, 0.29) is 32.6 Å². The fraction of sp³-hybridized carbons (Fsp3) is 0.303. The number of ether oxygens (including phenoxy) is 5. The van der Waals surface area contributed by atoms with Crippen LogP contribution in [-0.4, -0.2) is 75.0 Å². The summed E-state index contributed by atoms with van der Waals surface area (Å²) >= 11 is 2.70. The van der Waals surface area contributed by atoms with E-state index in [9.17, 15) is 24.0 Å². The van der Waals surface area contributed by atoms with Crippen molar-refractivity contribution in [2.45, 2.75) is 29.9 Å². The Bertz CT molecular complexity index is 1770. The van der Waals surface area contributed by atoms with Crippen molar-refractivity contribution >= 4 is 76.3 Å². The van der Waals surface area contributed by atoms with E-state index in [2.05, 4.69) is 0 Å². The lowest BCUT2D eigenvalue weighted by atomic mass is 9.83. The van der Waals surface area contributed by atoms with E-state index in [1.54, 1.807) is 23.1 Å². The summed E-state index contributed by atoms with van der Waals surface area (Å²) in [5.74, 6) is -3.20. The molecular formula is C33H31NO10S3. The zero-order valence-corrected chi connectivity index (χ0v) is 29.0. The van der Waals surface area contributed by atoms with Gasteiger partial charge in [-0.25, -0.2) is 19.2 Å². The molecule has 5 rings (SSSR count). The molecule has 3 heterocycles. The zero-order chi connectivity index (χ0) is 34.3. The van der Waals surface area contributed by atoms with Crippen molar-refractivity contribution < 1.29 is 47.7 Å². The van der Waals surface area contributed by atoms with Crippen LogP contribution < -0.4 is 9.64 Å². The maximum Gasteiger partial charge on any atom is 0.345 e. The standard InChI is InChI=1S/C33H31NO10S3/c1-32(2)27-22(19-16-18(40-3)13-14-20(19)34(32)21(35)15-17-11-9-8-10-12-17)33(23(28(36)41-4)24(45-27)29(37)42-5)46-25(30(38)43-6)26(47-33)31(39)44-7/h8-14,16H,15H2,1-7H3.